The molecule has 0 fully saturated rings. The summed E-state index contributed by atoms with van der Waals surface area (Å²) in [7, 11) is 1.66. The number of likely N-dealkylation sites (N-methyl/N-ethyl adjacent to an activating group) is 1. The van der Waals surface area contributed by atoms with E-state index in [1.807, 2.05) is 24.3 Å². The first-order valence-corrected chi connectivity index (χ1v) is 6.35. The van der Waals surface area contributed by atoms with E-state index in [1.165, 1.54) is 0 Å². The Morgan fingerprint density at radius 1 is 1.28 bits per heavy atom. The Labute approximate surface area is 113 Å². The number of hydrogen-bond donors (Lipinski definition) is 1. The Bertz CT molecular complexity index is 365. The number of benzene rings is 1. The first-order chi connectivity index (χ1) is 8.33. The van der Waals surface area contributed by atoms with Gasteiger partial charge in [-0.15, -0.1) is 0 Å². The third-order valence-corrected chi connectivity index (χ3v) is 3.29. The van der Waals surface area contributed by atoms with E-state index >= 15 is 0 Å². The highest BCUT2D eigenvalue weighted by molar-refractivity contribution is 9.10. The van der Waals surface area contributed by atoms with Crippen LogP contribution in [-0.4, -0.2) is 31.2 Å². The minimum Gasteiger partial charge on any atom is -0.329 e. The maximum atomic E-state index is 12.2. The van der Waals surface area contributed by atoms with E-state index in [4.69, 9.17) is 5.73 Å². The number of halogens is 4. The van der Waals surface area contributed by atoms with Crippen LogP contribution in [0.3, 0.4) is 0 Å². The molecule has 2 N–H and O–H groups in total. The summed E-state index contributed by atoms with van der Waals surface area (Å²) in [5.74, 6) is 0. The zero-order chi connectivity index (χ0) is 13.8. The molecule has 0 aliphatic carbocycles. The maximum absolute atomic E-state index is 12.2. The van der Waals surface area contributed by atoms with Gasteiger partial charge in [0.1, 0.15) is 0 Å². The van der Waals surface area contributed by atoms with Crippen molar-refractivity contribution in [1.29, 1.82) is 0 Å². The van der Waals surface area contributed by atoms with E-state index in [1.54, 1.807) is 11.9 Å². The number of nitrogens with zero attached hydrogens (tertiary/aromatic N) is 1. The molecule has 0 saturated heterocycles. The summed E-state index contributed by atoms with van der Waals surface area (Å²) in [6, 6.07) is 7.25. The number of rotatable bonds is 5. The summed E-state index contributed by atoms with van der Waals surface area (Å²) in [4.78, 5) is 1.64. The van der Waals surface area contributed by atoms with Gasteiger partial charge in [-0.3, -0.25) is 4.90 Å². The average molecular weight is 325 g/mol. The molecule has 1 atom stereocenters. The molecule has 0 amide bonds. The van der Waals surface area contributed by atoms with Gasteiger partial charge in [-0.25, -0.2) is 0 Å². The van der Waals surface area contributed by atoms with Gasteiger partial charge in [0.2, 0.25) is 0 Å². The minimum absolute atomic E-state index is 0.0541. The van der Waals surface area contributed by atoms with Crippen molar-refractivity contribution in [3.05, 3.63) is 34.3 Å². The van der Waals surface area contributed by atoms with Gasteiger partial charge in [-0.1, -0.05) is 28.1 Å². The summed E-state index contributed by atoms with van der Waals surface area (Å²) in [6.45, 7) is 0.234. The first-order valence-electron chi connectivity index (χ1n) is 5.56. The molecule has 0 heterocycles. The van der Waals surface area contributed by atoms with Crippen LogP contribution in [0.1, 0.15) is 18.0 Å². The highest BCUT2D eigenvalue weighted by atomic mass is 79.9. The second-order valence-electron chi connectivity index (χ2n) is 4.15. The highest BCUT2D eigenvalue weighted by Crippen LogP contribution is 2.24. The SMILES string of the molecule is CN(CCC(F)(F)F)C(CN)c1ccc(Br)cc1. The molecule has 0 spiro atoms. The van der Waals surface area contributed by atoms with E-state index < -0.39 is 12.6 Å². The largest absolute Gasteiger partial charge is 0.390 e. The Balaban J connectivity index is 2.68. The van der Waals surface area contributed by atoms with E-state index in [0.29, 0.717) is 0 Å². The maximum Gasteiger partial charge on any atom is 0.390 e. The van der Waals surface area contributed by atoms with Crippen LogP contribution in [-0.2, 0) is 0 Å². The van der Waals surface area contributed by atoms with Crippen LogP contribution >= 0.6 is 15.9 Å². The minimum atomic E-state index is -4.13. The summed E-state index contributed by atoms with van der Waals surface area (Å²) >= 11 is 3.32. The molecule has 18 heavy (non-hydrogen) atoms. The molecule has 6 heteroatoms. The van der Waals surface area contributed by atoms with Crippen LogP contribution in [0.4, 0.5) is 13.2 Å². The van der Waals surface area contributed by atoms with Gasteiger partial charge in [-0.2, -0.15) is 13.2 Å². The Morgan fingerprint density at radius 2 is 1.83 bits per heavy atom. The molecule has 1 aromatic carbocycles. The lowest BCUT2D eigenvalue weighted by Gasteiger charge is -2.27. The van der Waals surface area contributed by atoms with Crippen molar-refractivity contribution in [3.63, 3.8) is 0 Å². The van der Waals surface area contributed by atoms with Crippen molar-refractivity contribution >= 4 is 15.9 Å². The summed E-state index contributed by atoms with van der Waals surface area (Å²) in [5.41, 5.74) is 6.57. The fourth-order valence-electron chi connectivity index (χ4n) is 1.71. The molecule has 1 rings (SSSR count). The van der Waals surface area contributed by atoms with Crippen molar-refractivity contribution in [3.8, 4) is 0 Å². The number of nitrogens with two attached hydrogens (primary N) is 1. The van der Waals surface area contributed by atoms with E-state index in [0.717, 1.165) is 10.0 Å². The van der Waals surface area contributed by atoms with E-state index in [9.17, 15) is 13.2 Å². The number of hydrogen-bond acceptors (Lipinski definition) is 2. The molecular weight excluding hydrogens is 309 g/mol. The molecular formula is C12H16BrF3N2. The van der Waals surface area contributed by atoms with Gasteiger partial charge in [-0.05, 0) is 24.7 Å². The van der Waals surface area contributed by atoms with Gasteiger partial charge in [0.05, 0.1) is 6.42 Å². The lowest BCUT2D eigenvalue weighted by atomic mass is 10.1. The molecule has 0 bridgehead atoms. The third-order valence-electron chi connectivity index (χ3n) is 2.76. The molecule has 0 saturated carbocycles. The zero-order valence-corrected chi connectivity index (χ0v) is 11.6. The lowest BCUT2D eigenvalue weighted by molar-refractivity contribution is -0.138. The normalized spacial score (nSPS) is 13.9. The van der Waals surface area contributed by atoms with Gasteiger partial charge >= 0.3 is 6.18 Å². The smallest absolute Gasteiger partial charge is 0.329 e. The summed E-state index contributed by atoms with van der Waals surface area (Å²) in [6.07, 6.45) is -4.95. The van der Waals surface area contributed by atoms with Crippen LogP contribution in [0.5, 0.6) is 0 Å². The molecule has 1 aromatic rings. The second-order valence-corrected chi connectivity index (χ2v) is 5.06. The Kier molecular flexibility index (Phi) is 5.62. The van der Waals surface area contributed by atoms with Gasteiger partial charge in [0, 0.05) is 23.6 Å². The molecule has 102 valence electrons. The van der Waals surface area contributed by atoms with Crippen molar-refractivity contribution < 1.29 is 13.2 Å². The van der Waals surface area contributed by atoms with Crippen LogP contribution in [0.15, 0.2) is 28.7 Å². The Morgan fingerprint density at radius 3 is 2.28 bits per heavy atom. The molecule has 0 aliphatic heterocycles. The third kappa shape index (κ3) is 4.96. The molecule has 0 radical (unpaired) electrons. The molecule has 1 unspecified atom stereocenters. The van der Waals surface area contributed by atoms with Gasteiger partial charge in [0.25, 0.3) is 0 Å². The van der Waals surface area contributed by atoms with Crippen LogP contribution in [0.2, 0.25) is 0 Å². The molecule has 2 nitrogen and oxygen atoms in total. The predicted molar refractivity (Wildman–Crippen MR) is 69.2 cm³/mol. The lowest BCUT2D eigenvalue weighted by Crippen LogP contribution is -2.33. The monoisotopic (exact) mass is 324 g/mol. The van der Waals surface area contributed by atoms with Crippen LogP contribution < -0.4 is 5.73 Å². The fraction of sp³-hybridized carbons (Fsp3) is 0.500. The zero-order valence-electron chi connectivity index (χ0n) is 10.0. The fourth-order valence-corrected chi connectivity index (χ4v) is 1.98. The van der Waals surface area contributed by atoms with E-state index in [2.05, 4.69) is 15.9 Å². The molecule has 0 aliphatic rings. The van der Waals surface area contributed by atoms with E-state index in [-0.39, 0.29) is 19.1 Å². The standard InChI is InChI=1S/C12H16BrF3N2/c1-18(7-6-12(14,15)16)11(8-17)9-2-4-10(13)5-3-9/h2-5,11H,6-8,17H2,1H3. The summed E-state index contributed by atoms with van der Waals surface area (Å²) < 4.78 is 37.5. The second kappa shape index (κ2) is 6.54. The quantitative estimate of drug-likeness (QED) is 0.900. The Hall–Kier alpha value is -0.590. The summed E-state index contributed by atoms with van der Waals surface area (Å²) in [5, 5.41) is 0. The van der Waals surface area contributed by atoms with Gasteiger partial charge in [0.15, 0.2) is 0 Å². The topological polar surface area (TPSA) is 29.3 Å². The highest BCUT2D eigenvalue weighted by Gasteiger charge is 2.28. The van der Waals surface area contributed by atoms with Crippen molar-refractivity contribution in [2.24, 2.45) is 5.73 Å². The van der Waals surface area contributed by atoms with Crippen LogP contribution in [0, 0.1) is 0 Å². The average Bonchev–Trinajstić information content (AvgIpc) is 2.29. The van der Waals surface area contributed by atoms with Crippen molar-refractivity contribution in [2.75, 3.05) is 20.1 Å². The first kappa shape index (κ1) is 15.5. The molecule has 0 aromatic heterocycles. The van der Waals surface area contributed by atoms with Crippen molar-refractivity contribution in [1.82, 2.24) is 4.90 Å². The number of alkyl halides is 3. The van der Waals surface area contributed by atoms with Gasteiger partial charge < -0.3 is 5.73 Å². The van der Waals surface area contributed by atoms with Crippen molar-refractivity contribution in [2.45, 2.75) is 18.6 Å². The van der Waals surface area contributed by atoms with Crippen LogP contribution in [0.25, 0.3) is 0 Å². The predicted octanol–water partition coefficient (Wildman–Crippen LogP) is 3.33.